The molecule has 0 aliphatic carbocycles. The highest BCUT2D eigenvalue weighted by Crippen LogP contribution is 2.38. The summed E-state index contributed by atoms with van der Waals surface area (Å²) in [6.07, 6.45) is 4.48. The molecule has 0 spiro atoms. The van der Waals surface area contributed by atoms with Crippen LogP contribution in [0.3, 0.4) is 0 Å². The third-order valence-corrected chi connectivity index (χ3v) is 3.95. The molecule has 1 atom stereocenters. The Morgan fingerprint density at radius 1 is 1.43 bits per heavy atom. The molecule has 1 aliphatic rings. The molecule has 1 N–H and O–H groups in total. The summed E-state index contributed by atoms with van der Waals surface area (Å²) < 4.78 is 6.10. The molecule has 0 saturated carbocycles. The molecule has 3 rings (SSSR count). The molecule has 1 aromatic carbocycles. The number of nitrogens with zero attached hydrogens (tertiary/aromatic N) is 1. The molecule has 0 saturated heterocycles. The average Bonchev–Trinajstić information content (AvgIpc) is 2.97. The zero-order valence-electron chi connectivity index (χ0n) is 13.2. The summed E-state index contributed by atoms with van der Waals surface area (Å²) in [7, 11) is 0. The number of para-hydroxylation sites is 1. The Kier molecular flexibility index (Phi) is 4.42. The lowest BCUT2D eigenvalue weighted by molar-refractivity contribution is -0.120. The molecule has 0 radical (unpaired) electrons. The van der Waals surface area contributed by atoms with Gasteiger partial charge in [0.25, 0.3) is 0 Å². The van der Waals surface area contributed by atoms with Crippen LogP contribution in [0.25, 0.3) is 11.3 Å². The Hall–Kier alpha value is -2.62. The number of ether oxygens (including phenoxy) is 1. The summed E-state index contributed by atoms with van der Waals surface area (Å²) in [6, 6.07) is 10.1. The Labute approximate surface area is 136 Å². The van der Waals surface area contributed by atoms with Gasteiger partial charge in [-0.15, -0.1) is 6.58 Å². The molecule has 0 bridgehead atoms. The van der Waals surface area contributed by atoms with Crippen molar-refractivity contribution in [1.29, 1.82) is 0 Å². The second-order valence-electron chi connectivity index (χ2n) is 5.70. The van der Waals surface area contributed by atoms with Gasteiger partial charge in [0.2, 0.25) is 5.91 Å². The van der Waals surface area contributed by atoms with Gasteiger partial charge in [0.1, 0.15) is 11.9 Å². The standard InChI is InChI=1S/C19H20N2O2/c1-3-6-17(22)21-12-15-11-14-8-4-9-16(19(14)23-15)18-13(2)7-5-10-20-18/h3-5,7-10,15H,1,6,11-12H2,2H3,(H,21,22)/t15-/m1/s1. The number of rotatable bonds is 5. The Morgan fingerprint density at radius 3 is 3.09 bits per heavy atom. The SMILES string of the molecule is C=CCC(=O)NC[C@H]1Cc2cccc(-c3ncccc3C)c2O1. The van der Waals surface area contributed by atoms with Crippen LogP contribution in [-0.4, -0.2) is 23.5 Å². The molecule has 2 aromatic rings. The summed E-state index contributed by atoms with van der Waals surface area (Å²) in [5.74, 6) is 0.859. The van der Waals surface area contributed by atoms with Crippen LogP contribution >= 0.6 is 0 Å². The van der Waals surface area contributed by atoms with E-state index in [1.807, 2.05) is 31.2 Å². The molecule has 4 nitrogen and oxygen atoms in total. The van der Waals surface area contributed by atoms with E-state index in [9.17, 15) is 4.79 Å². The summed E-state index contributed by atoms with van der Waals surface area (Å²) in [5.41, 5.74) is 4.24. The molecule has 1 aliphatic heterocycles. The first kappa shape index (κ1) is 15.3. The monoisotopic (exact) mass is 308 g/mol. The first-order valence-electron chi connectivity index (χ1n) is 7.77. The van der Waals surface area contributed by atoms with Gasteiger partial charge >= 0.3 is 0 Å². The predicted molar refractivity (Wildman–Crippen MR) is 90.4 cm³/mol. The van der Waals surface area contributed by atoms with Gasteiger partial charge in [-0.3, -0.25) is 9.78 Å². The van der Waals surface area contributed by atoms with E-state index in [2.05, 4.69) is 22.9 Å². The molecule has 118 valence electrons. The molecular formula is C19H20N2O2. The van der Waals surface area contributed by atoms with Crippen molar-refractivity contribution in [3.63, 3.8) is 0 Å². The van der Waals surface area contributed by atoms with Gasteiger partial charge in [-0.2, -0.15) is 0 Å². The lowest BCUT2D eigenvalue weighted by Gasteiger charge is -2.13. The van der Waals surface area contributed by atoms with Crippen molar-refractivity contribution in [3.8, 4) is 17.0 Å². The number of benzene rings is 1. The van der Waals surface area contributed by atoms with Crippen LogP contribution in [0.4, 0.5) is 0 Å². The maximum atomic E-state index is 11.6. The van der Waals surface area contributed by atoms with Crippen molar-refractivity contribution in [2.75, 3.05) is 6.54 Å². The first-order valence-corrected chi connectivity index (χ1v) is 7.77. The minimum absolute atomic E-state index is 0.0275. The Morgan fingerprint density at radius 2 is 2.30 bits per heavy atom. The van der Waals surface area contributed by atoms with Gasteiger partial charge in [0, 0.05) is 24.6 Å². The number of carbonyl (C=O) groups is 1. The summed E-state index contributed by atoms with van der Waals surface area (Å²) >= 11 is 0. The van der Waals surface area contributed by atoms with Crippen LogP contribution in [0.1, 0.15) is 17.5 Å². The zero-order chi connectivity index (χ0) is 16.2. The fraction of sp³-hybridized carbons (Fsp3) is 0.263. The number of aromatic nitrogens is 1. The minimum Gasteiger partial charge on any atom is -0.487 e. The van der Waals surface area contributed by atoms with E-state index in [-0.39, 0.29) is 12.0 Å². The van der Waals surface area contributed by atoms with Crippen LogP contribution in [0.5, 0.6) is 5.75 Å². The van der Waals surface area contributed by atoms with E-state index in [0.29, 0.717) is 13.0 Å². The van der Waals surface area contributed by atoms with Gasteiger partial charge < -0.3 is 10.1 Å². The normalized spacial score (nSPS) is 15.6. The number of hydrogen-bond acceptors (Lipinski definition) is 3. The summed E-state index contributed by atoms with van der Waals surface area (Å²) in [4.78, 5) is 16.0. The van der Waals surface area contributed by atoms with Crippen molar-refractivity contribution in [1.82, 2.24) is 10.3 Å². The van der Waals surface area contributed by atoms with Crippen molar-refractivity contribution in [2.24, 2.45) is 0 Å². The van der Waals surface area contributed by atoms with Gasteiger partial charge in [-0.1, -0.05) is 24.3 Å². The Balaban J connectivity index is 1.78. The fourth-order valence-electron chi connectivity index (χ4n) is 2.84. The molecule has 4 heteroatoms. The lowest BCUT2D eigenvalue weighted by Crippen LogP contribution is -2.34. The Bertz CT molecular complexity index is 740. The number of aryl methyl sites for hydroxylation is 1. The van der Waals surface area contributed by atoms with E-state index in [1.165, 1.54) is 0 Å². The van der Waals surface area contributed by atoms with Crippen LogP contribution in [0.15, 0.2) is 49.2 Å². The quantitative estimate of drug-likeness (QED) is 0.864. The van der Waals surface area contributed by atoms with Gasteiger partial charge in [-0.25, -0.2) is 0 Å². The topological polar surface area (TPSA) is 51.2 Å². The highest BCUT2D eigenvalue weighted by atomic mass is 16.5. The third kappa shape index (κ3) is 3.26. The number of carbonyl (C=O) groups excluding carboxylic acids is 1. The zero-order valence-corrected chi connectivity index (χ0v) is 13.2. The fourth-order valence-corrected chi connectivity index (χ4v) is 2.84. The van der Waals surface area contributed by atoms with Crippen LogP contribution in [0, 0.1) is 6.92 Å². The van der Waals surface area contributed by atoms with Crippen molar-refractivity contribution in [3.05, 3.63) is 60.3 Å². The summed E-state index contributed by atoms with van der Waals surface area (Å²) in [6.45, 7) is 6.11. The van der Waals surface area contributed by atoms with Crippen molar-refractivity contribution >= 4 is 5.91 Å². The second-order valence-corrected chi connectivity index (χ2v) is 5.70. The molecule has 0 fully saturated rings. The van der Waals surface area contributed by atoms with Gasteiger partial charge in [0.15, 0.2) is 0 Å². The third-order valence-electron chi connectivity index (χ3n) is 3.95. The highest BCUT2D eigenvalue weighted by Gasteiger charge is 2.26. The van der Waals surface area contributed by atoms with Crippen LogP contribution < -0.4 is 10.1 Å². The molecule has 1 amide bonds. The van der Waals surface area contributed by atoms with Gasteiger partial charge in [-0.05, 0) is 30.2 Å². The minimum atomic E-state index is -0.0380. The lowest BCUT2D eigenvalue weighted by atomic mass is 10.0. The maximum Gasteiger partial charge on any atom is 0.223 e. The van der Waals surface area contributed by atoms with E-state index in [4.69, 9.17) is 4.74 Å². The number of amides is 1. The van der Waals surface area contributed by atoms with Gasteiger partial charge in [0.05, 0.1) is 12.2 Å². The van der Waals surface area contributed by atoms with Crippen molar-refractivity contribution < 1.29 is 9.53 Å². The predicted octanol–water partition coefficient (Wildman–Crippen LogP) is 3.05. The average molecular weight is 308 g/mol. The molecule has 1 aromatic heterocycles. The van der Waals surface area contributed by atoms with Crippen molar-refractivity contribution in [2.45, 2.75) is 25.9 Å². The molecule has 23 heavy (non-hydrogen) atoms. The van der Waals surface area contributed by atoms with E-state index >= 15 is 0 Å². The number of nitrogens with one attached hydrogen (secondary N) is 1. The number of pyridine rings is 1. The molecular weight excluding hydrogens is 288 g/mol. The maximum absolute atomic E-state index is 11.6. The molecule has 2 heterocycles. The second kappa shape index (κ2) is 6.65. The first-order chi connectivity index (χ1) is 11.2. The summed E-state index contributed by atoms with van der Waals surface area (Å²) in [5, 5.41) is 2.88. The van der Waals surface area contributed by atoms with E-state index in [1.54, 1.807) is 12.3 Å². The number of fused-ring (bicyclic) bond motifs is 1. The van der Waals surface area contributed by atoms with E-state index in [0.717, 1.165) is 34.6 Å². The number of hydrogen-bond donors (Lipinski definition) is 1. The smallest absolute Gasteiger partial charge is 0.223 e. The highest BCUT2D eigenvalue weighted by molar-refractivity contribution is 5.77. The van der Waals surface area contributed by atoms with E-state index < -0.39 is 0 Å². The molecule has 0 unspecified atom stereocenters. The van der Waals surface area contributed by atoms with Crippen LogP contribution in [0.2, 0.25) is 0 Å². The van der Waals surface area contributed by atoms with Crippen LogP contribution in [-0.2, 0) is 11.2 Å². The largest absolute Gasteiger partial charge is 0.487 e.